The molecule has 3 nitrogen and oxygen atoms in total. The van der Waals surface area contributed by atoms with Gasteiger partial charge < -0.3 is 13.9 Å². The van der Waals surface area contributed by atoms with Crippen molar-refractivity contribution in [3.8, 4) is 11.5 Å². The summed E-state index contributed by atoms with van der Waals surface area (Å²) in [5.74, 6) is 1.45. The van der Waals surface area contributed by atoms with Crippen LogP contribution in [0, 0.1) is 0 Å². The summed E-state index contributed by atoms with van der Waals surface area (Å²) in [4.78, 5) is 0.0843. The van der Waals surface area contributed by atoms with E-state index in [9.17, 15) is 0 Å². The third-order valence-electron chi connectivity index (χ3n) is 2.54. The summed E-state index contributed by atoms with van der Waals surface area (Å²) >= 11 is 3.63. The van der Waals surface area contributed by atoms with Crippen LogP contribution in [0.25, 0.3) is 0 Å². The van der Waals surface area contributed by atoms with Gasteiger partial charge in [-0.3, -0.25) is 0 Å². The lowest BCUT2D eigenvalue weighted by atomic mass is 10.1. The Morgan fingerprint density at radius 1 is 1.06 bits per heavy atom. The largest absolute Gasteiger partial charge is 0.493 e. The smallest absolute Gasteiger partial charge is 0.161 e. The van der Waals surface area contributed by atoms with Gasteiger partial charge in [-0.15, -0.1) is 0 Å². The highest BCUT2D eigenvalue weighted by Crippen LogP contribution is 2.36. The van der Waals surface area contributed by atoms with Crippen molar-refractivity contribution in [1.82, 2.24) is 0 Å². The monoisotopic (exact) mass is 296 g/mol. The molecular weight excluding hydrogens is 284 g/mol. The molecule has 0 bridgehead atoms. The van der Waals surface area contributed by atoms with Crippen molar-refractivity contribution in [1.29, 1.82) is 0 Å². The van der Waals surface area contributed by atoms with Crippen LogP contribution in [0.2, 0.25) is 0 Å². The summed E-state index contributed by atoms with van der Waals surface area (Å²) < 4.78 is 15.6. The highest BCUT2D eigenvalue weighted by atomic mass is 79.9. The summed E-state index contributed by atoms with van der Waals surface area (Å²) in [6, 6.07) is 7.76. The number of hydrogen-bond donors (Lipinski definition) is 0. The second-order valence-electron chi connectivity index (χ2n) is 3.53. The molecule has 2 aromatic rings. The number of benzene rings is 1. The van der Waals surface area contributed by atoms with Gasteiger partial charge in [0.1, 0.15) is 0 Å². The first kappa shape index (κ1) is 12.0. The molecule has 0 saturated carbocycles. The van der Waals surface area contributed by atoms with Crippen molar-refractivity contribution in [2.24, 2.45) is 0 Å². The number of alkyl halides is 1. The van der Waals surface area contributed by atoms with Gasteiger partial charge in [0.05, 0.1) is 31.6 Å². The highest BCUT2D eigenvalue weighted by Gasteiger charge is 2.14. The van der Waals surface area contributed by atoms with Gasteiger partial charge in [0, 0.05) is 5.56 Å². The quantitative estimate of drug-likeness (QED) is 0.805. The molecule has 90 valence electrons. The van der Waals surface area contributed by atoms with Crippen molar-refractivity contribution >= 4 is 15.9 Å². The Hall–Kier alpha value is -1.42. The van der Waals surface area contributed by atoms with Crippen LogP contribution < -0.4 is 9.47 Å². The van der Waals surface area contributed by atoms with Crippen LogP contribution >= 0.6 is 15.9 Å². The molecule has 1 aromatic heterocycles. The molecule has 0 aliphatic carbocycles. The van der Waals surface area contributed by atoms with Crippen molar-refractivity contribution < 1.29 is 13.9 Å². The molecular formula is C13H13BrO3. The molecule has 0 N–H and O–H groups in total. The molecule has 0 amide bonds. The second kappa shape index (κ2) is 5.27. The van der Waals surface area contributed by atoms with Gasteiger partial charge in [-0.25, -0.2) is 0 Å². The third kappa shape index (κ3) is 2.47. The van der Waals surface area contributed by atoms with E-state index in [0.29, 0.717) is 0 Å². The number of hydrogen-bond acceptors (Lipinski definition) is 3. The first-order chi connectivity index (χ1) is 8.26. The molecule has 0 radical (unpaired) electrons. The SMILES string of the molecule is COc1ccc(C(Br)c2ccoc2)cc1OC. The number of methoxy groups -OCH3 is 2. The average Bonchev–Trinajstić information content (AvgIpc) is 2.90. The first-order valence-corrected chi connectivity index (χ1v) is 6.06. The molecule has 4 heteroatoms. The second-order valence-corrected chi connectivity index (χ2v) is 4.45. The predicted octanol–water partition coefficient (Wildman–Crippen LogP) is 3.78. The van der Waals surface area contributed by atoms with Crippen molar-refractivity contribution in [2.75, 3.05) is 14.2 Å². The van der Waals surface area contributed by atoms with Crippen LogP contribution in [0.3, 0.4) is 0 Å². The van der Waals surface area contributed by atoms with Crippen LogP contribution in [-0.4, -0.2) is 14.2 Å². The van der Waals surface area contributed by atoms with Crippen molar-refractivity contribution in [3.05, 3.63) is 47.9 Å². The lowest BCUT2D eigenvalue weighted by Crippen LogP contribution is -1.95. The van der Waals surface area contributed by atoms with E-state index >= 15 is 0 Å². The average molecular weight is 297 g/mol. The maximum absolute atomic E-state index is 5.28. The summed E-state index contributed by atoms with van der Waals surface area (Å²) in [7, 11) is 3.25. The lowest BCUT2D eigenvalue weighted by Gasteiger charge is -2.12. The Morgan fingerprint density at radius 2 is 1.82 bits per heavy atom. The van der Waals surface area contributed by atoms with E-state index in [2.05, 4.69) is 15.9 Å². The first-order valence-electron chi connectivity index (χ1n) is 5.14. The topological polar surface area (TPSA) is 31.6 Å². The fraction of sp³-hybridized carbons (Fsp3) is 0.231. The van der Waals surface area contributed by atoms with Crippen LogP contribution in [0.15, 0.2) is 41.2 Å². The molecule has 0 aliphatic rings. The molecule has 0 spiro atoms. The molecule has 0 saturated heterocycles. The molecule has 2 rings (SSSR count). The van der Waals surface area contributed by atoms with Crippen molar-refractivity contribution in [3.63, 3.8) is 0 Å². The Balaban J connectivity index is 2.33. The van der Waals surface area contributed by atoms with E-state index in [0.717, 1.165) is 22.6 Å². The Kier molecular flexibility index (Phi) is 3.74. The summed E-state index contributed by atoms with van der Waals surface area (Å²) in [5, 5.41) is 0. The Labute approximate surface area is 108 Å². The minimum Gasteiger partial charge on any atom is -0.493 e. The van der Waals surface area contributed by atoms with E-state index < -0.39 is 0 Å². The van der Waals surface area contributed by atoms with Crippen molar-refractivity contribution in [2.45, 2.75) is 4.83 Å². The summed E-state index contributed by atoms with van der Waals surface area (Å²) in [5.41, 5.74) is 2.15. The van der Waals surface area contributed by atoms with Gasteiger partial charge >= 0.3 is 0 Å². The molecule has 0 fully saturated rings. The third-order valence-corrected chi connectivity index (χ3v) is 3.59. The molecule has 17 heavy (non-hydrogen) atoms. The zero-order valence-electron chi connectivity index (χ0n) is 9.64. The molecule has 1 aromatic carbocycles. The summed E-state index contributed by atoms with van der Waals surface area (Å²) in [6.07, 6.45) is 3.38. The number of furan rings is 1. The van der Waals surface area contributed by atoms with Gasteiger partial charge in [-0.1, -0.05) is 22.0 Å². The van der Waals surface area contributed by atoms with Gasteiger partial charge in [0.15, 0.2) is 11.5 Å². The van der Waals surface area contributed by atoms with E-state index in [1.165, 1.54) is 0 Å². The predicted molar refractivity (Wildman–Crippen MR) is 69.0 cm³/mol. The molecule has 1 atom stereocenters. The standard InChI is InChI=1S/C13H13BrO3/c1-15-11-4-3-9(7-12(11)16-2)13(14)10-5-6-17-8-10/h3-8,13H,1-2H3. The molecule has 1 heterocycles. The molecule has 1 unspecified atom stereocenters. The van der Waals surface area contributed by atoms with E-state index in [1.54, 1.807) is 26.7 Å². The zero-order valence-corrected chi connectivity index (χ0v) is 11.2. The van der Waals surface area contributed by atoms with E-state index in [-0.39, 0.29) is 4.83 Å². The maximum Gasteiger partial charge on any atom is 0.161 e. The number of ether oxygens (including phenoxy) is 2. The lowest BCUT2D eigenvalue weighted by molar-refractivity contribution is 0.354. The van der Waals surface area contributed by atoms with Gasteiger partial charge in [0.2, 0.25) is 0 Å². The zero-order chi connectivity index (χ0) is 12.3. The van der Waals surface area contributed by atoms with E-state index in [4.69, 9.17) is 13.9 Å². The van der Waals surface area contributed by atoms with Gasteiger partial charge in [-0.05, 0) is 23.8 Å². The number of halogens is 1. The fourth-order valence-corrected chi connectivity index (χ4v) is 2.17. The number of rotatable bonds is 4. The van der Waals surface area contributed by atoms with Crippen LogP contribution in [0.5, 0.6) is 11.5 Å². The van der Waals surface area contributed by atoms with Gasteiger partial charge in [0.25, 0.3) is 0 Å². The Morgan fingerprint density at radius 3 is 2.41 bits per heavy atom. The van der Waals surface area contributed by atoms with Crippen LogP contribution in [-0.2, 0) is 0 Å². The molecule has 0 aliphatic heterocycles. The minimum absolute atomic E-state index is 0.0843. The van der Waals surface area contributed by atoms with Gasteiger partial charge in [-0.2, -0.15) is 0 Å². The van der Waals surface area contributed by atoms with E-state index in [1.807, 2.05) is 24.3 Å². The minimum atomic E-state index is 0.0843. The maximum atomic E-state index is 5.28. The summed E-state index contributed by atoms with van der Waals surface area (Å²) in [6.45, 7) is 0. The van der Waals surface area contributed by atoms with Crippen LogP contribution in [0.4, 0.5) is 0 Å². The fourth-order valence-electron chi connectivity index (χ4n) is 1.62. The highest BCUT2D eigenvalue weighted by molar-refractivity contribution is 9.09. The van der Waals surface area contributed by atoms with Crippen LogP contribution in [0.1, 0.15) is 16.0 Å². The Bertz CT molecular complexity index is 479. The normalized spacial score (nSPS) is 12.2.